The lowest BCUT2D eigenvalue weighted by atomic mass is 10.3. The van der Waals surface area contributed by atoms with Gasteiger partial charge in [0.05, 0.1) is 24.4 Å². The Morgan fingerprint density at radius 1 is 1.47 bits per heavy atom. The van der Waals surface area contributed by atoms with E-state index in [1.54, 1.807) is 30.7 Å². The molecule has 2 rings (SSSR count). The number of rotatable bonds is 2. The summed E-state index contributed by atoms with van der Waals surface area (Å²) in [6.07, 6.45) is 1.74. The Morgan fingerprint density at radius 3 is 2.76 bits per heavy atom. The van der Waals surface area contributed by atoms with Gasteiger partial charge in [-0.3, -0.25) is 4.40 Å². The summed E-state index contributed by atoms with van der Waals surface area (Å²) in [7, 11) is 2.92. The average Bonchev–Trinajstić information content (AvgIpc) is 2.62. The third-order valence-electron chi connectivity index (χ3n) is 2.45. The van der Waals surface area contributed by atoms with Crippen LogP contribution in [0.25, 0.3) is 5.65 Å². The first-order valence-corrected chi connectivity index (χ1v) is 5.68. The number of halogens is 1. The van der Waals surface area contributed by atoms with Crippen molar-refractivity contribution in [2.24, 2.45) is 0 Å². The fraction of sp³-hybridized carbons (Fsp3) is 0.273. The Hall–Kier alpha value is -1.56. The molecule has 0 bridgehead atoms. The highest BCUT2D eigenvalue weighted by Gasteiger charge is 2.18. The van der Waals surface area contributed by atoms with Gasteiger partial charge in [0.15, 0.2) is 5.69 Å². The van der Waals surface area contributed by atoms with Gasteiger partial charge in [0.1, 0.15) is 11.4 Å². The minimum Gasteiger partial charge on any atom is -0.495 e. The van der Waals surface area contributed by atoms with E-state index >= 15 is 0 Å². The second-order valence-electron chi connectivity index (χ2n) is 3.46. The molecule has 0 spiro atoms. The molecule has 0 aromatic carbocycles. The highest BCUT2D eigenvalue weighted by molar-refractivity contribution is 9.10. The second-order valence-corrected chi connectivity index (χ2v) is 4.31. The van der Waals surface area contributed by atoms with Crippen LogP contribution in [0.1, 0.15) is 16.2 Å². The summed E-state index contributed by atoms with van der Waals surface area (Å²) in [4.78, 5) is 15.9. The van der Waals surface area contributed by atoms with Crippen LogP contribution in [0.5, 0.6) is 5.75 Å². The molecular formula is C11H11BrN2O3. The van der Waals surface area contributed by atoms with Gasteiger partial charge in [0.25, 0.3) is 0 Å². The molecule has 0 aliphatic carbocycles. The molecule has 0 saturated carbocycles. The average molecular weight is 299 g/mol. The van der Waals surface area contributed by atoms with Gasteiger partial charge >= 0.3 is 5.97 Å². The third kappa shape index (κ3) is 1.88. The van der Waals surface area contributed by atoms with Gasteiger partial charge in [-0.1, -0.05) is 0 Å². The van der Waals surface area contributed by atoms with E-state index in [9.17, 15) is 4.79 Å². The van der Waals surface area contributed by atoms with Crippen molar-refractivity contribution in [3.8, 4) is 5.75 Å². The van der Waals surface area contributed by atoms with E-state index in [1.165, 1.54) is 7.11 Å². The maximum Gasteiger partial charge on any atom is 0.356 e. The topological polar surface area (TPSA) is 52.8 Å². The molecule has 0 N–H and O–H groups in total. The van der Waals surface area contributed by atoms with Crippen LogP contribution in [-0.4, -0.2) is 29.6 Å². The van der Waals surface area contributed by atoms with E-state index in [0.717, 1.165) is 4.47 Å². The van der Waals surface area contributed by atoms with E-state index in [1.807, 2.05) is 0 Å². The second kappa shape index (κ2) is 4.37. The first kappa shape index (κ1) is 11.9. The molecule has 0 amide bonds. The Balaban J connectivity index is 2.74. The van der Waals surface area contributed by atoms with Crippen molar-refractivity contribution in [2.45, 2.75) is 6.92 Å². The fourth-order valence-electron chi connectivity index (χ4n) is 1.66. The summed E-state index contributed by atoms with van der Waals surface area (Å²) in [5.41, 5.74) is 1.69. The molecule has 2 aromatic heterocycles. The summed E-state index contributed by atoms with van der Waals surface area (Å²) in [5.74, 6) is 0.256. The minimum absolute atomic E-state index is 0.410. The normalized spacial score (nSPS) is 10.6. The Morgan fingerprint density at radius 2 is 2.18 bits per heavy atom. The number of imidazole rings is 1. The van der Waals surface area contributed by atoms with Crippen LogP contribution in [0.4, 0.5) is 0 Å². The monoisotopic (exact) mass is 298 g/mol. The van der Waals surface area contributed by atoms with Crippen LogP contribution in [-0.2, 0) is 4.74 Å². The molecule has 0 fully saturated rings. The van der Waals surface area contributed by atoms with Crippen molar-refractivity contribution >= 4 is 27.5 Å². The van der Waals surface area contributed by atoms with Crippen molar-refractivity contribution in [3.63, 3.8) is 0 Å². The van der Waals surface area contributed by atoms with Crippen LogP contribution >= 0.6 is 15.9 Å². The van der Waals surface area contributed by atoms with Gasteiger partial charge in [-0.25, -0.2) is 9.78 Å². The number of nitrogens with zero attached hydrogens (tertiary/aromatic N) is 2. The summed E-state index contributed by atoms with van der Waals surface area (Å²) < 4.78 is 12.3. The van der Waals surface area contributed by atoms with Gasteiger partial charge in [-0.2, -0.15) is 0 Å². The molecule has 6 heteroatoms. The lowest BCUT2D eigenvalue weighted by molar-refractivity contribution is 0.0592. The number of ether oxygens (including phenoxy) is 2. The van der Waals surface area contributed by atoms with E-state index in [4.69, 9.17) is 9.47 Å². The summed E-state index contributed by atoms with van der Waals surface area (Å²) >= 11 is 3.37. The number of pyridine rings is 1. The minimum atomic E-state index is -0.410. The van der Waals surface area contributed by atoms with Crippen molar-refractivity contribution in [1.29, 1.82) is 0 Å². The number of aromatic nitrogens is 2. The summed E-state index contributed by atoms with van der Waals surface area (Å²) in [5, 5.41) is 0. The molecule has 90 valence electrons. The highest BCUT2D eigenvalue weighted by atomic mass is 79.9. The summed E-state index contributed by atoms with van der Waals surface area (Å²) in [6, 6.07) is 1.75. The number of carbonyl (C=O) groups excluding carboxylic acids is 1. The first-order valence-electron chi connectivity index (χ1n) is 4.89. The molecule has 17 heavy (non-hydrogen) atoms. The smallest absolute Gasteiger partial charge is 0.356 e. The largest absolute Gasteiger partial charge is 0.495 e. The predicted molar refractivity (Wildman–Crippen MR) is 65.5 cm³/mol. The zero-order valence-electron chi connectivity index (χ0n) is 9.65. The molecule has 0 saturated heterocycles. The van der Waals surface area contributed by atoms with Gasteiger partial charge in [-0.15, -0.1) is 0 Å². The van der Waals surface area contributed by atoms with E-state index in [-0.39, 0.29) is 0 Å². The third-order valence-corrected chi connectivity index (χ3v) is 3.04. The maximum atomic E-state index is 11.6. The van der Waals surface area contributed by atoms with Crippen LogP contribution < -0.4 is 4.74 Å². The predicted octanol–water partition coefficient (Wildman–Crippen LogP) is 2.20. The Kier molecular flexibility index (Phi) is 3.06. The van der Waals surface area contributed by atoms with Crippen LogP contribution in [0.3, 0.4) is 0 Å². The van der Waals surface area contributed by atoms with Crippen molar-refractivity contribution in [2.75, 3.05) is 14.2 Å². The lowest BCUT2D eigenvalue weighted by Gasteiger charge is -2.05. The fourth-order valence-corrected chi connectivity index (χ4v) is 2.14. The number of methoxy groups -OCH3 is 2. The van der Waals surface area contributed by atoms with E-state index in [0.29, 0.717) is 22.8 Å². The molecule has 0 aliphatic rings. The molecule has 0 unspecified atom stereocenters. The molecule has 5 nitrogen and oxygen atoms in total. The number of aryl methyl sites for hydroxylation is 1. The summed E-state index contributed by atoms with van der Waals surface area (Å²) in [6.45, 7) is 1.76. The Bertz CT molecular complexity index is 592. The quantitative estimate of drug-likeness (QED) is 0.798. The molecule has 0 aliphatic heterocycles. The van der Waals surface area contributed by atoms with Crippen molar-refractivity contribution in [1.82, 2.24) is 9.38 Å². The molecule has 0 atom stereocenters. The Labute approximate surface area is 106 Å². The maximum absolute atomic E-state index is 11.6. The van der Waals surface area contributed by atoms with Gasteiger partial charge in [-0.05, 0) is 22.9 Å². The van der Waals surface area contributed by atoms with E-state index < -0.39 is 5.97 Å². The molecule has 0 radical (unpaired) electrons. The van der Waals surface area contributed by atoms with Crippen molar-refractivity contribution in [3.05, 3.63) is 28.1 Å². The number of fused-ring (bicyclic) bond motifs is 1. The SMILES string of the molecule is COC(=O)c1c(C)nc2cc(OC)c(Br)cn12. The number of carbonyl (C=O) groups is 1. The van der Waals surface area contributed by atoms with E-state index in [2.05, 4.69) is 20.9 Å². The number of esters is 1. The standard InChI is InChI=1S/C11H11BrN2O3/c1-6-10(11(15)17-3)14-5-7(12)8(16-2)4-9(14)13-6/h4-5H,1-3H3. The van der Waals surface area contributed by atoms with Gasteiger partial charge < -0.3 is 9.47 Å². The van der Waals surface area contributed by atoms with Crippen molar-refractivity contribution < 1.29 is 14.3 Å². The van der Waals surface area contributed by atoms with Crippen LogP contribution in [0, 0.1) is 6.92 Å². The number of hydrogen-bond acceptors (Lipinski definition) is 4. The zero-order valence-corrected chi connectivity index (χ0v) is 11.2. The lowest BCUT2D eigenvalue weighted by Crippen LogP contribution is -2.07. The van der Waals surface area contributed by atoms with Crippen LogP contribution in [0.2, 0.25) is 0 Å². The molecule has 2 heterocycles. The molecular weight excluding hydrogens is 288 g/mol. The first-order chi connectivity index (χ1) is 8.08. The highest BCUT2D eigenvalue weighted by Crippen LogP contribution is 2.27. The zero-order chi connectivity index (χ0) is 12.6. The number of hydrogen-bond donors (Lipinski definition) is 0. The van der Waals surface area contributed by atoms with Crippen LogP contribution in [0.15, 0.2) is 16.7 Å². The van der Waals surface area contributed by atoms with Gasteiger partial charge in [0, 0.05) is 12.3 Å². The van der Waals surface area contributed by atoms with Gasteiger partial charge in [0.2, 0.25) is 0 Å². The molecule has 2 aromatic rings.